The average Bonchev–Trinajstić information content (AvgIpc) is 2.21. The standard InChI is InChI=1S/C9H13BrN2O3/c10-7-5-12(1-3-15-4-2-13)6-8(11)9(7)14/h5-6,13H,1-4,11H2. The molecule has 0 fully saturated rings. The zero-order valence-electron chi connectivity index (χ0n) is 8.15. The molecule has 0 aliphatic carbocycles. The van der Waals surface area contributed by atoms with E-state index < -0.39 is 0 Å². The predicted molar refractivity (Wildman–Crippen MR) is 60.7 cm³/mol. The Labute approximate surface area is 95.6 Å². The van der Waals surface area contributed by atoms with Crippen molar-refractivity contribution in [2.75, 3.05) is 25.6 Å². The highest BCUT2D eigenvalue weighted by atomic mass is 79.9. The molecule has 1 heterocycles. The summed E-state index contributed by atoms with van der Waals surface area (Å²) < 4.78 is 7.29. The fraction of sp³-hybridized carbons (Fsp3) is 0.444. The number of hydrogen-bond acceptors (Lipinski definition) is 4. The molecule has 6 heteroatoms. The number of halogens is 1. The monoisotopic (exact) mass is 276 g/mol. The highest BCUT2D eigenvalue weighted by Gasteiger charge is 2.01. The fourth-order valence-corrected chi connectivity index (χ4v) is 1.57. The van der Waals surface area contributed by atoms with Crippen LogP contribution in [-0.2, 0) is 11.3 Å². The summed E-state index contributed by atoms with van der Waals surface area (Å²) in [4.78, 5) is 11.2. The fourth-order valence-electron chi connectivity index (χ4n) is 1.08. The third-order valence-electron chi connectivity index (χ3n) is 1.79. The van der Waals surface area contributed by atoms with Crippen molar-refractivity contribution in [1.29, 1.82) is 0 Å². The third kappa shape index (κ3) is 3.65. The van der Waals surface area contributed by atoms with Crippen molar-refractivity contribution in [3.05, 3.63) is 27.1 Å². The van der Waals surface area contributed by atoms with Crippen LogP contribution < -0.4 is 11.2 Å². The molecule has 1 aromatic rings. The molecule has 0 bridgehead atoms. The first-order valence-corrected chi connectivity index (χ1v) is 5.28. The minimum atomic E-state index is -0.206. The van der Waals surface area contributed by atoms with Gasteiger partial charge in [-0.3, -0.25) is 4.79 Å². The summed E-state index contributed by atoms with van der Waals surface area (Å²) in [5.41, 5.74) is 5.50. The molecular formula is C9H13BrN2O3. The molecule has 3 N–H and O–H groups in total. The Morgan fingerprint density at radius 3 is 2.80 bits per heavy atom. The topological polar surface area (TPSA) is 77.5 Å². The van der Waals surface area contributed by atoms with Gasteiger partial charge in [0.05, 0.1) is 30.0 Å². The molecule has 0 aromatic carbocycles. The Balaban J connectivity index is 2.59. The first-order valence-electron chi connectivity index (χ1n) is 4.49. The Bertz CT molecular complexity index is 352. The van der Waals surface area contributed by atoms with E-state index in [1.54, 1.807) is 17.0 Å². The highest BCUT2D eigenvalue weighted by molar-refractivity contribution is 9.10. The number of aromatic nitrogens is 1. The van der Waals surface area contributed by atoms with Gasteiger partial charge < -0.3 is 20.1 Å². The van der Waals surface area contributed by atoms with E-state index >= 15 is 0 Å². The second kappa shape index (κ2) is 5.89. The molecule has 0 atom stereocenters. The van der Waals surface area contributed by atoms with Crippen molar-refractivity contribution in [2.45, 2.75) is 6.54 Å². The number of rotatable bonds is 5. The van der Waals surface area contributed by atoms with E-state index in [0.717, 1.165) is 0 Å². The first kappa shape index (κ1) is 12.2. The summed E-state index contributed by atoms with van der Waals surface area (Å²) in [6.07, 6.45) is 3.22. The van der Waals surface area contributed by atoms with Crippen LogP contribution in [0.5, 0.6) is 0 Å². The maximum atomic E-state index is 11.2. The maximum absolute atomic E-state index is 11.2. The molecule has 15 heavy (non-hydrogen) atoms. The minimum Gasteiger partial charge on any atom is -0.394 e. The van der Waals surface area contributed by atoms with Crippen LogP contribution in [-0.4, -0.2) is 29.5 Å². The minimum absolute atomic E-state index is 0.00992. The van der Waals surface area contributed by atoms with Gasteiger partial charge in [0.2, 0.25) is 5.43 Å². The van der Waals surface area contributed by atoms with Crippen LogP contribution >= 0.6 is 15.9 Å². The quantitative estimate of drug-likeness (QED) is 0.754. The second-order valence-electron chi connectivity index (χ2n) is 2.96. The molecule has 0 saturated carbocycles. The van der Waals surface area contributed by atoms with E-state index in [0.29, 0.717) is 24.2 Å². The van der Waals surface area contributed by atoms with E-state index in [-0.39, 0.29) is 17.7 Å². The molecule has 0 radical (unpaired) electrons. The Morgan fingerprint density at radius 2 is 2.20 bits per heavy atom. The van der Waals surface area contributed by atoms with Gasteiger partial charge in [0.25, 0.3) is 0 Å². The summed E-state index contributed by atoms with van der Waals surface area (Å²) >= 11 is 3.13. The summed E-state index contributed by atoms with van der Waals surface area (Å²) in [6.45, 7) is 1.38. The van der Waals surface area contributed by atoms with Crippen molar-refractivity contribution < 1.29 is 9.84 Å². The van der Waals surface area contributed by atoms with Crippen LogP contribution in [0.3, 0.4) is 0 Å². The van der Waals surface area contributed by atoms with Crippen LogP contribution in [0, 0.1) is 0 Å². The van der Waals surface area contributed by atoms with Crippen LogP contribution in [0.15, 0.2) is 21.7 Å². The number of pyridine rings is 1. The molecule has 84 valence electrons. The summed E-state index contributed by atoms with van der Waals surface area (Å²) in [6, 6.07) is 0. The largest absolute Gasteiger partial charge is 0.394 e. The number of ether oxygens (including phenoxy) is 1. The van der Waals surface area contributed by atoms with E-state index in [2.05, 4.69) is 15.9 Å². The molecule has 0 aliphatic heterocycles. The Kier molecular flexibility index (Phi) is 4.80. The average molecular weight is 277 g/mol. The molecule has 0 saturated heterocycles. The van der Waals surface area contributed by atoms with Gasteiger partial charge in [-0.1, -0.05) is 0 Å². The summed E-state index contributed by atoms with van der Waals surface area (Å²) in [7, 11) is 0. The van der Waals surface area contributed by atoms with Crippen molar-refractivity contribution in [3.8, 4) is 0 Å². The second-order valence-corrected chi connectivity index (χ2v) is 3.82. The lowest BCUT2D eigenvalue weighted by molar-refractivity contribution is 0.0869. The van der Waals surface area contributed by atoms with Gasteiger partial charge in [-0.15, -0.1) is 0 Å². The number of aliphatic hydroxyl groups excluding tert-OH is 1. The lowest BCUT2D eigenvalue weighted by Gasteiger charge is -2.08. The van der Waals surface area contributed by atoms with Crippen molar-refractivity contribution in [1.82, 2.24) is 4.57 Å². The number of nitrogens with two attached hydrogens (primary N) is 1. The van der Waals surface area contributed by atoms with Crippen LogP contribution in [0.2, 0.25) is 0 Å². The lowest BCUT2D eigenvalue weighted by Crippen LogP contribution is -2.15. The predicted octanol–water partition coefficient (Wildman–Crippen LogP) is 0.202. The normalized spacial score (nSPS) is 10.5. The zero-order chi connectivity index (χ0) is 11.3. The molecule has 0 aliphatic rings. The molecular weight excluding hydrogens is 264 g/mol. The van der Waals surface area contributed by atoms with Gasteiger partial charge in [-0.2, -0.15) is 0 Å². The molecule has 5 nitrogen and oxygen atoms in total. The number of aliphatic hydroxyl groups is 1. The van der Waals surface area contributed by atoms with Crippen LogP contribution in [0.1, 0.15) is 0 Å². The SMILES string of the molecule is Nc1cn(CCOCCO)cc(Br)c1=O. The number of anilines is 1. The molecule has 1 rings (SSSR count). The van der Waals surface area contributed by atoms with Gasteiger partial charge in [-0.25, -0.2) is 0 Å². The van der Waals surface area contributed by atoms with E-state index in [1.165, 1.54) is 0 Å². The molecule has 0 amide bonds. The number of hydrogen-bond donors (Lipinski definition) is 2. The summed E-state index contributed by atoms with van der Waals surface area (Å²) in [5.74, 6) is 0. The van der Waals surface area contributed by atoms with Crippen molar-refractivity contribution >= 4 is 21.6 Å². The van der Waals surface area contributed by atoms with E-state index in [1.807, 2.05) is 0 Å². The summed E-state index contributed by atoms with van der Waals surface area (Å²) in [5, 5.41) is 8.49. The van der Waals surface area contributed by atoms with Gasteiger partial charge in [0.1, 0.15) is 0 Å². The maximum Gasteiger partial charge on any atom is 0.218 e. The van der Waals surface area contributed by atoms with Gasteiger partial charge in [-0.05, 0) is 15.9 Å². The number of nitrogen functional groups attached to an aromatic ring is 1. The molecule has 0 unspecified atom stereocenters. The molecule has 0 spiro atoms. The third-order valence-corrected chi connectivity index (χ3v) is 2.36. The highest BCUT2D eigenvalue weighted by Crippen LogP contribution is 2.05. The molecule has 1 aromatic heterocycles. The van der Waals surface area contributed by atoms with Crippen LogP contribution in [0.4, 0.5) is 5.69 Å². The van der Waals surface area contributed by atoms with Gasteiger partial charge in [0.15, 0.2) is 0 Å². The Hall–Kier alpha value is -0.850. The van der Waals surface area contributed by atoms with Gasteiger partial charge >= 0.3 is 0 Å². The zero-order valence-corrected chi connectivity index (χ0v) is 9.74. The van der Waals surface area contributed by atoms with Gasteiger partial charge in [0, 0.05) is 18.9 Å². The van der Waals surface area contributed by atoms with Crippen molar-refractivity contribution in [3.63, 3.8) is 0 Å². The first-order chi connectivity index (χ1) is 7.15. The van der Waals surface area contributed by atoms with Crippen molar-refractivity contribution in [2.24, 2.45) is 0 Å². The van der Waals surface area contributed by atoms with E-state index in [9.17, 15) is 4.79 Å². The van der Waals surface area contributed by atoms with E-state index in [4.69, 9.17) is 15.6 Å². The lowest BCUT2D eigenvalue weighted by atomic mass is 10.4. The van der Waals surface area contributed by atoms with Crippen LogP contribution in [0.25, 0.3) is 0 Å². The Morgan fingerprint density at radius 1 is 1.47 bits per heavy atom. The number of nitrogens with zero attached hydrogens (tertiary/aromatic N) is 1. The smallest absolute Gasteiger partial charge is 0.218 e.